The van der Waals surface area contributed by atoms with E-state index in [-0.39, 0.29) is 11.7 Å². The Morgan fingerprint density at radius 3 is 2.96 bits per heavy atom. The van der Waals surface area contributed by atoms with Crippen molar-refractivity contribution >= 4 is 5.91 Å². The van der Waals surface area contributed by atoms with E-state index in [4.69, 9.17) is 4.42 Å². The number of amides is 1. The van der Waals surface area contributed by atoms with Crippen molar-refractivity contribution in [2.24, 2.45) is 0 Å². The molecule has 0 atom stereocenters. The maximum atomic E-state index is 12.1. The Kier molecular flexibility index (Phi) is 4.05. The predicted molar refractivity (Wildman–Crippen MR) is 86.3 cm³/mol. The van der Waals surface area contributed by atoms with Crippen LogP contribution in [0.15, 0.2) is 59.7 Å². The molecule has 2 heterocycles. The van der Waals surface area contributed by atoms with Gasteiger partial charge in [0, 0.05) is 6.54 Å². The van der Waals surface area contributed by atoms with Gasteiger partial charge in [0.15, 0.2) is 11.6 Å². The van der Waals surface area contributed by atoms with E-state index in [0.717, 1.165) is 11.3 Å². The zero-order valence-electron chi connectivity index (χ0n) is 12.7. The quantitative estimate of drug-likeness (QED) is 0.736. The molecule has 6 nitrogen and oxygen atoms in total. The lowest BCUT2D eigenvalue weighted by molar-refractivity contribution is 0.0948. The van der Waals surface area contributed by atoms with Gasteiger partial charge in [-0.05, 0) is 36.8 Å². The van der Waals surface area contributed by atoms with Crippen LogP contribution in [-0.2, 0) is 0 Å². The Balaban J connectivity index is 2.08. The average Bonchev–Trinajstić information content (AvgIpc) is 3.21. The maximum absolute atomic E-state index is 12.1. The minimum Gasteiger partial charge on any atom is -0.461 e. The molecular weight excluding hydrogens is 292 g/mol. The molecule has 0 unspecified atom stereocenters. The van der Waals surface area contributed by atoms with Crippen molar-refractivity contribution in [3.8, 4) is 17.3 Å². The molecule has 0 radical (unpaired) electrons. The van der Waals surface area contributed by atoms with Gasteiger partial charge in [-0.3, -0.25) is 4.79 Å². The van der Waals surface area contributed by atoms with E-state index >= 15 is 0 Å². The summed E-state index contributed by atoms with van der Waals surface area (Å²) in [6.07, 6.45) is 3.16. The second kappa shape index (κ2) is 6.31. The number of nitrogens with one attached hydrogen (secondary N) is 1. The summed E-state index contributed by atoms with van der Waals surface area (Å²) in [4.78, 5) is 16.4. The van der Waals surface area contributed by atoms with Crippen LogP contribution in [0.1, 0.15) is 16.2 Å². The molecule has 1 amide bonds. The third-order valence-electron chi connectivity index (χ3n) is 3.20. The van der Waals surface area contributed by atoms with Crippen LogP contribution in [0.25, 0.3) is 17.3 Å². The fraction of sp³-hybridized carbons (Fsp3) is 0.118. The van der Waals surface area contributed by atoms with Crippen molar-refractivity contribution in [1.29, 1.82) is 0 Å². The van der Waals surface area contributed by atoms with E-state index < -0.39 is 0 Å². The number of aromatic nitrogens is 3. The number of hydrogen-bond acceptors (Lipinski definition) is 4. The smallest absolute Gasteiger partial charge is 0.291 e. The van der Waals surface area contributed by atoms with Gasteiger partial charge in [-0.25, -0.2) is 4.68 Å². The molecule has 0 fully saturated rings. The molecule has 116 valence electrons. The zero-order valence-corrected chi connectivity index (χ0v) is 12.7. The molecule has 0 spiro atoms. The molecule has 0 aliphatic rings. The van der Waals surface area contributed by atoms with Gasteiger partial charge in [0.2, 0.25) is 5.82 Å². The molecule has 0 saturated carbocycles. The summed E-state index contributed by atoms with van der Waals surface area (Å²) in [6, 6.07) is 11.3. The van der Waals surface area contributed by atoms with Crippen molar-refractivity contribution in [3.63, 3.8) is 0 Å². The largest absolute Gasteiger partial charge is 0.461 e. The number of nitrogens with zero attached hydrogens (tertiary/aromatic N) is 3. The van der Waals surface area contributed by atoms with Crippen LogP contribution in [0, 0.1) is 6.92 Å². The lowest BCUT2D eigenvalue weighted by Crippen LogP contribution is -2.24. The Morgan fingerprint density at radius 2 is 2.26 bits per heavy atom. The first-order valence-corrected chi connectivity index (χ1v) is 7.16. The molecule has 3 aromatic rings. The number of aryl methyl sites for hydroxylation is 1. The third kappa shape index (κ3) is 3.06. The minimum absolute atomic E-state index is 0.0831. The molecule has 2 aromatic heterocycles. The van der Waals surface area contributed by atoms with Crippen LogP contribution < -0.4 is 5.32 Å². The molecule has 0 aliphatic carbocycles. The number of carbonyl (C=O) groups excluding carboxylic acids is 1. The van der Waals surface area contributed by atoms with E-state index in [1.165, 1.54) is 0 Å². The zero-order chi connectivity index (χ0) is 16.2. The normalized spacial score (nSPS) is 10.5. The first-order valence-electron chi connectivity index (χ1n) is 7.16. The molecule has 6 heteroatoms. The van der Waals surface area contributed by atoms with Crippen molar-refractivity contribution in [2.75, 3.05) is 6.54 Å². The van der Waals surface area contributed by atoms with Gasteiger partial charge in [-0.1, -0.05) is 18.2 Å². The fourth-order valence-electron chi connectivity index (χ4n) is 2.16. The van der Waals surface area contributed by atoms with Gasteiger partial charge in [0.05, 0.1) is 12.0 Å². The van der Waals surface area contributed by atoms with Crippen LogP contribution in [0.4, 0.5) is 0 Å². The molecule has 3 rings (SSSR count). The van der Waals surface area contributed by atoms with E-state index in [0.29, 0.717) is 18.1 Å². The summed E-state index contributed by atoms with van der Waals surface area (Å²) in [5.41, 5.74) is 1.90. The highest BCUT2D eigenvalue weighted by Crippen LogP contribution is 2.22. The Labute approximate surface area is 133 Å². The number of hydrogen-bond donors (Lipinski definition) is 1. The number of benzene rings is 1. The highest BCUT2D eigenvalue weighted by Gasteiger charge is 2.19. The van der Waals surface area contributed by atoms with Gasteiger partial charge in [0.1, 0.15) is 0 Å². The molecule has 1 aromatic carbocycles. The number of carbonyl (C=O) groups is 1. The first-order chi connectivity index (χ1) is 11.2. The minimum atomic E-state index is -0.357. The first kappa shape index (κ1) is 14.8. The Morgan fingerprint density at radius 1 is 1.39 bits per heavy atom. The monoisotopic (exact) mass is 308 g/mol. The van der Waals surface area contributed by atoms with Crippen LogP contribution in [0.2, 0.25) is 0 Å². The third-order valence-corrected chi connectivity index (χ3v) is 3.20. The lowest BCUT2D eigenvalue weighted by Gasteiger charge is -2.04. The predicted octanol–water partition coefficient (Wildman–Crippen LogP) is 2.75. The van der Waals surface area contributed by atoms with Crippen molar-refractivity contribution in [3.05, 3.63) is 66.7 Å². The van der Waals surface area contributed by atoms with Crippen LogP contribution >= 0.6 is 0 Å². The summed E-state index contributed by atoms with van der Waals surface area (Å²) in [7, 11) is 0. The summed E-state index contributed by atoms with van der Waals surface area (Å²) < 4.78 is 7.02. The Hall–Kier alpha value is -3.15. The van der Waals surface area contributed by atoms with Gasteiger partial charge in [0.25, 0.3) is 5.91 Å². The second-order valence-corrected chi connectivity index (χ2v) is 4.99. The van der Waals surface area contributed by atoms with Gasteiger partial charge >= 0.3 is 0 Å². The summed E-state index contributed by atoms with van der Waals surface area (Å²) in [5, 5.41) is 7.00. The Bertz CT molecular complexity index is 834. The van der Waals surface area contributed by atoms with E-state index in [1.54, 1.807) is 29.2 Å². The van der Waals surface area contributed by atoms with Crippen molar-refractivity contribution in [1.82, 2.24) is 20.1 Å². The topological polar surface area (TPSA) is 73.0 Å². The highest BCUT2D eigenvalue weighted by molar-refractivity contribution is 5.91. The van der Waals surface area contributed by atoms with Gasteiger partial charge in [-0.15, -0.1) is 11.7 Å². The molecule has 23 heavy (non-hydrogen) atoms. The van der Waals surface area contributed by atoms with Crippen LogP contribution in [-0.4, -0.2) is 27.2 Å². The van der Waals surface area contributed by atoms with Crippen LogP contribution in [0.3, 0.4) is 0 Å². The van der Waals surface area contributed by atoms with E-state index in [9.17, 15) is 4.79 Å². The molecule has 0 bridgehead atoms. The highest BCUT2D eigenvalue weighted by atomic mass is 16.3. The molecule has 0 saturated heterocycles. The molecule has 1 N–H and O–H groups in total. The van der Waals surface area contributed by atoms with Gasteiger partial charge in [-0.2, -0.15) is 4.98 Å². The standard InChI is InChI=1S/C17H16N4O2/c1-3-9-18-17(22)15-19-16(14-8-5-10-23-14)21(20-15)13-7-4-6-12(2)11-13/h3-8,10-11H,1,9H2,2H3,(H,18,22). The van der Waals surface area contributed by atoms with Gasteiger partial charge < -0.3 is 9.73 Å². The average molecular weight is 308 g/mol. The van der Waals surface area contributed by atoms with Crippen molar-refractivity contribution in [2.45, 2.75) is 6.92 Å². The number of rotatable bonds is 5. The summed E-state index contributed by atoms with van der Waals surface area (Å²) in [5.74, 6) is 0.745. The lowest BCUT2D eigenvalue weighted by atomic mass is 10.2. The maximum Gasteiger partial charge on any atom is 0.291 e. The fourth-order valence-corrected chi connectivity index (χ4v) is 2.16. The van der Waals surface area contributed by atoms with E-state index in [2.05, 4.69) is 22.0 Å². The molecular formula is C17H16N4O2. The van der Waals surface area contributed by atoms with Crippen LogP contribution in [0.5, 0.6) is 0 Å². The number of furan rings is 1. The van der Waals surface area contributed by atoms with Crippen molar-refractivity contribution < 1.29 is 9.21 Å². The summed E-state index contributed by atoms with van der Waals surface area (Å²) >= 11 is 0. The summed E-state index contributed by atoms with van der Waals surface area (Å²) in [6.45, 7) is 5.92. The van der Waals surface area contributed by atoms with E-state index in [1.807, 2.05) is 31.2 Å². The second-order valence-electron chi connectivity index (χ2n) is 4.99. The molecule has 0 aliphatic heterocycles. The SMILES string of the molecule is C=CCNC(=O)c1nc(-c2ccco2)n(-c2cccc(C)c2)n1.